The minimum absolute atomic E-state index is 0.116. The first-order chi connectivity index (χ1) is 13.1. The van der Waals surface area contributed by atoms with Gasteiger partial charge in [0.25, 0.3) is 5.56 Å². The van der Waals surface area contributed by atoms with Gasteiger partial charge in [-0.05, 0) is 29.2 Å². The summed E-state index contributed by atoms with van der Waals surface area (Å²) in [5, 5.41) is 0.615. The molecule has 0 spiro atoms. The van der Waals surface area contributed by atoms with Gasteiger partial charge in [-0.25, -0.2) is 4.98 Å². The van der Waals surface area contributed by atoms with Crippen molar-refractivity contribution in [3.8, 4) is 0 Å². The highest BCUT2D eigenvalue weighted by molar-refractivity contribution is 7.81. The molecule has 0 fully saturated rings. The number of nitrogens with one attached hydrogen (secondary N) is 1. The normalized spacial score (nSPS) is 20.0. The summed E-state index contributed by atoms with van der Waals surface area (Å²) in [6.07, 6.45) is 6.75. The Labute approximate surface area is 161 Å². The van der Waals surface area contributed by atoms with Crippen LogP contribution in [0.4, 0.5) is 0 Å². The van der Waals surface area contributed by atoms with E-state index in [0.29, 0.717) is 29.7 Å². The Morgan fingerprint density at radius 1 is 1.15 bits per heavy atom. The van der Waals surface area contributed by atoms with E-state index < -0.39 is 5.41 Å². The molecule has 1 unspecified atom stereocenters. The van der Waals surface area contributed by atoms with E-state index in [0.717, 1.165) is 27.1 Å². The maximum atomic E-state index is 12.8. The Hall–Kier alpha value is -2.89. The molecule has 1 atom stereocenters. The van der Waals surface area contributed by atoms with Gasteiger partial charge in [-0.3, -0.25) is 4.79 Å². The van der Waals surface area contributed by atoms with Gasteiger partial charge in [-0.15, -0.1) is 0 Å². The van der Waals surface area contributed by atoms with Crippen LogP contribution in [0.3, 0.4) is 0 Å². The summed E-state index contributed by atoms with van der Waals surface area (Å²) in [5.41, 5.74) is 9.80. The molecule has 27 heavy (non-hydrogen) atoms. The number of hydrogen-bond donors (Lipinski definition) is 2. The van der Waals surface area contributed by atoms with Crippen LogP contribution in [0.15, 0.2) is 65.5 Å². The monoisotopic (exact) mass is 371 g/mol. The molecule has 6 rings (SSSR count). The van der Waals surface area contributed by atoms with E-state index in [-0.39, 0.29) is 5.56 Å². The maximum absolute atomic E-state index is 12.8. The van der Waals surface area contributed by atoms with Crippen molar-refractivity contribution in [2.75, 3.05) is 0 Å². The number of nitrogens with two attached hydrogens (primary N) is 1. The minimum Gasteiger partial charge on any atom is -0.326 e. The van der Waals surface area contributed by atoms with Gasteiger partial charge in [0, 0.05) is 17.0 Å². The highest BCUT2D eigenvalue weighted by Gasteiger charge is 2.42. The van der Waals surface area contributed by atoms with Gasteiger partial charge in [-0.2, -0.15) is 0 Å². The smallest absolute Gasteiger partial charge is 0.259 e. The Morgan fingerprint density at radius 2 is 1.96 bits per heavy atom. The molecule has 3 aliphatic rings. The number of thiocarbonyl (C=S) groups is 1. The van der Waals surface area contributed by atoms with E-state index in [4.69, 9.17) is 18.0 Å². The third-order valence-corrected chi connectivity index (χ3v) is 6.06. The molecular weight excluding hydrogens is 354 g/mol. The van der Waals surface area contributed by atoms with Crippen molar-refractivity contribution in [2.24, 2.45) is 5.73 Å². The third kappa shape index (κ3) is 2.29. The lowest BCUT2D eigenvalue weighted by Crippen LogP contribution is -2.40. The summed E-state index contributed by atoms with van der Waals surface area (Å²) in [5.74, 6) is 0.541. The van der Waals surface area contributed by atoms with Crippen molar-refractivity contribution in [3.63, 3.8) is 0 Å². The van der Waals surface area contributed by atoms with E-state index in [1.807, 2.05) is 42.5 Å². The summed E-state index contributed by atoms with van der Waals surface area (Å²) in [4.78, 5) is 21.2. The zero-order valence-corrected chi connectivity index (χ0v) is 15.3. The van der Waals surface area contributed by atoms with Crippen LogP contribution in [0, 0.1) is 0 Å². The molecule has 3 heterocycles. The number of allylic oxidation sites excluding steroid dienone is 4. The molecular formula is C22H17N3OS. The molecule has 0 amide bonds. The lowest BCUT2D eigenvalue weighted by atomic mass is 9.67. The number of aromatic amines is 1. The van der Waals surface area contributed by atoms with Crippen LogP contribution < -0.4 is 11.3 Å². The fourth-order valence-electron chi connectivity index (χ4n) is 4.21. The predicted molar refractivity (Wildman–Crippen MR) is 112 cm³/mol. The number of rotatable bonds is 3. The highest BCUT2D eigenvalue weighted by Crippen LogP contribution is 2.43. The third-order valence-electron chi connectivity index (χ3n) is 5.47. The topological polar surface area (TPSA) is 71.8 Å². The van der Waals surface area contributed by atoms with E-state index in [2.05, 4.69) is 28.2 Å². The fraction of sp³-hybridized carbons (Fsp3) is 0.136. The maximum Gasteiger partial charge on any atom is 0.259 e. The summed E-state index contributed by atoms with van der Waals surface area (Å²) < 4.78 is 0. The van der Waals surface area contributed by atoms with Crippen molar-refractivity contribution in [1.29, 1.82) is 0 Å². The van der Waals surface area contributed by atoms with Gasteiger partial charge in [0.05, 0.1) is 16.3 Å². The largest absolute Gasteiger partial charge is 0.326 e. The Morgan fingerprint density at radius 3 is 2.81 bits per heavy atom. The van der Waals surface area contributed by atoms with Crippen LogP contribution in [0.25, 0.3) is 16.5 Å². The molecule has 0 saturated carbocycles. The molecule has 2 aliphatic heterocycles. The van der Waals surface area contributed by atoms with Crippen LogP contribution in [0.1, 0.15) is 22.5 Å². The zero-order valence-electron chi connectivity index (χ0n) is 14.5. The standard InChI is InChI=1S/C22H17N3OS/c23-12-14-5-1-4-13(10-14)11-22-9-3-6-15(19(22)27)20-24-17-8-2-7-16(22)18(17)21(26)25-20/h1-10H,11-12,23H2,(H,24,25,26). The number of hydrogen-bond acceptors (Lipinski definition) is 4. The fourth-order valence-corrected chi connectivity index (χ4v) is 4.63. The van der Waals surface area contributed by atoms with Gasteiger partial charge in [0.15, 0.2) is 0 Å². The van der Waals surface area contributed by atoms with E-state index in [9.17, 15) is 4.79 Å². The van der Waals surface area contributed by atoms with Gasteiger partial charge < -0.3 is 10.7 Å². The predicted octanol–water partition coefficient (Wildman–Crippen LogP) is 3.20. The van der Waals surface area contributed by atoms with Crippen molar-refractivity contribution in [2.45, 2.75) is 18.4 Å². The lowest BCUT2D eigenvalue weighted by molar-refractivity contribution is 0.720. The molecule has 0 saturated heterocycles. The first kappa shape index (κ1) is 16.3. The molecule has 6 bridgehead atoms. The average Bonchev–Trinajstić information content (AvgIpc) is 2.69. The molecule has 1 aliphatic carbocycles. The first-order valence-corrected chi connectivity index (χ1v) is 9.29. The zero-order chi connectivity index (χ0) is 18.6. The Kier molecular flexibility index (Phi) is 3.50. The summed E-state index contributed by atoms with van der Waals surface area (Å²) in [7, 11) is 0. The van der Waals surface area contributed by atoms with Gasteiger partial charge >= 0.3 is 0 Å². The summed E-state index contributed by atoms with van der Waals surface area (Å²) in [6.45, 7) is 0.492. The van der Waals surface area contributed by atoms with Crippen LogP contribution >= 0.6 is 12.2 Å². The van der Waals surface area contributed by atoms with Crippen molar-refractivity contribution in [1.82, 2.24) is 9.97 Å². The van der Waals surface area contributed by atoms with Crippen LogP contribution in [-0.2, 0) is 18.4 Å². The molecule has 132 valence electrons. The molecule has 1 aromatic heterocycles. The second-order valence-electron chi connectivity index (χ2n) is 7.06. The molecule has 3 aromatic rings. The van der Waals surface area contributed by atoms with Crippen molar-refractivity contribution in [3.05, 3.63) is 93.6 Å². The number of aromatic nitrogens is 2. The second-order valence-corrected chi connectivity index (χ2v) is 7.46. The Bertz CT molecular complexity index is 1240. The van der Waals surface area contributed by atoms with Crippen LogP contribution in [-0.4, -0.2) is 14.8 Å². The molecule has 4 nitrogen and oxygen atoms in total. The van der Waals surface area contributed by atoms with Gasteiger partial charge in [0.2, 0.25) is 0 Å². The molecule has 2 aromatic carbocycles. The minimum atomic E-state index is -0.559. The highest BCUT2D eigenvalue weighted by atomic mass is 32.1. The average molecular weight is 371 g/mol. The van der Waals surface area contributed by atoms with E-state index in [1.165, 1.54) is 0 Å². The van der Waals surface area contributed by atoms with E-state index in [1.54, 1.807) is 0 Å². The first-order valence-electron chi connectivity index (χ1n) is 8.88. The van der Waals surface area contributed by atoms with Gasteiger partial charge in [-0.1, -0.05) is 66.8 Å². The quantitative estimate of drug-likeness (QED) is 0.694. The Balaban J connectivity index is 1.83. The summed E-state index contributed by atoms with van der Waals surface area (Å²) in [6, 6.07) is 14.1. The van der Waals surface area contributed by atoms with Crippen LogP contribution in [0.2, 0.25) is 0 Å². The molecule has 0 radical (unpaired) electrons. The SMILES string of the molecule is NCc1cccc(CC23C=CC=C(C2=S)c2nc4cccc3c4c(=O)[nH]2)c1. The number of benzene rings is 2. The van der Waals surface area contributed by atoms with E-state index >= 15 is 0 Å². The molecule has 5 heteroatoms. The van der Waals surface area contributed by atoms with Crippen molar-refractivity contribution >= 4 is 33.6 Å². The van der Waals surface area contributed by atoms with Crippen LogP contribution in [0.5, 0.6) is 0 Å². The molecule has 3 N–H and O–H groups in total. The second kappa shape index (κ2) is 5.81. The lowest BCUT2D eigenvalue weighted by Gasteiger charge is -2.37. The number of nitrogens with zero attached hydrogens (tertiary/aromatic N) is 1. The summed E-state index contributed by atoms with van der Waals surface area (Å²) >= 11 is 5.96. The number of H-pyrrole nitrogens is 1. The van der Waals surface area contributed by atoms with Crippen molar-refractivity contribution < 1.29 is 0 Å². The van der Waals surface area contributed by atoms with Gasteiger partial charge in [0.1, 0.15) is 5.82 Å². The number of fused-ring (bicyclic) bond motifs is 1.